The number of benzene rings is 5. The molecule has 0 aliphatic carbocycles. The second kappa shape index (κ2) is 17.8. The molecule has 8 aromatic rings. The Balaban J connectivity index is 0.000000214. The summed E-state index contributed by atoms with van der Waals surface area (Å²) in [6.07, 6.45) is 5.18. The summed E-state index contributed by atoms with van der Waals surface area (Å²) in [6, 6.07) is 48.2. The molecule has 0 amide bonds. The molecular weight excluding hydrogens is 917 g/mol. The first-order chi connectivity index (χ1) is 27.2. The third kappa shape index (κ3) is 9.67. The summed E-state index contributed by atoms with van der Waals surface area (Å²) >= 11 is 1.83. The minimum absolute atomic E-state index is 0. The molecule has 2 nitrogen and oxygen atoms in total. The first-order valence-corrected chi connectivity index (χ1v) is 24.5. The standard InChI is InChI=1S/C33H26NS.C20H28NSi.Ir/c1-33(2,3)26-18-19-34-30(21-26)28-11-7-10-27-29-20-25(16-17-31(29)35-32(27)28)24-14-12-23(13-15-24)22-8-5-4-6-9-22;1-14(2)10-17-12-19(21-13-20(17)22(5,6)7)18-9-8-15(3)11-16(18)4;/h4-10,12-21H,1-3H3;8,11-14H,10H2,1-7H3;/q2*-1;. The predicted octanol–water partition coefficient (Wildman–Crippen LogP) is 14.5. The number of hydrogen-bond acceptors (Lipinski definition) is 3. The second-order valence-electron chi connectivity index (χ2n) is 17.8. The molecule has 0 N–H and O–H groups in total. The van der Waals surface area contributed by atoms with E-state index in [0.717, 1.165) is 28.9 Å². The Labute approximate surface area is 365 Å². The quantitative estimate of drug-likeness (QED) is 0.117. The molecule has 0 atom stereocenters. The van der Waals surface area contributed by atoms with Gasteiger partial charge in [0.1, 0.15) is 0 Å². The molecule has 3 aromatic heterocycles. The molecule has 5 heteroatoms. The van der Waals surface area contributed by atoms with Crippen molar-refractivity contribution < 1.29 is 20.1 Å². The smallest absolute Gasteiger partial charge is 0.0798 e. The SMILES string of the molecule is CC(C)(C)c1ccnc(-c2[c-]ccc3c2sc2ccc(-c4ccc(-c5ccccc5)cc4)cc23)c1.Cc1c[c-]c(-c2cc(CC(C)C)c([Si](C)(C)C)cn2)c(C)c1.[Ir]. The summed E-state index contributed by atoms with van der Waals surface area (Å²) in [6.45, 7) is 22.8. The van der Waals surface area contributed by atoms with Crippen LogP contribution in [0.3, 0.4) is 0 Å². The molecule has 0 unspecified atom stereocenters. The number of thiophene rings is 1. The van der Waals surface area contributed by atoms with E-state index in [1.807, 2.05) is 23.6 Å². The average molecular weight is 971 g/mol. The zero-order valence-electron chi connectivity index (χ0n) is 35.5. The Kier molecular flexibility index (Phi) is 13.2. The maximum Gasteiger partial charge on any atom is 0.0798 e. The Hall–Kier alpha value is -4.51. The fourth-order valence-electron chi connectivity index (χ4n) is 7.58. The van der Waals surface area contributed by atoms with Crippen LogP contribution < -0.4 is 5.19 Å². The van der Waals surface area contributed by atoms with Crippen LogP contribution in [0.25, 0.3) is 64.9 Å². The normalized spacial score (nSPS) is 11.7. The van der Waals surface area contributed by atoms with Crippen molar-refractivity contribution in [3.63, 3.8) is 0 Å². The number of nitrogens with zero attached hydrogens (tertiary/aromatic N) is 2. The molecule has 0 bridgehead atoms. The van der Waals surface area contributed by atoms with E-state index in [4.69, 9.17) is 9.97 Å². The van der Waals surface area contributed by atoms with Crippen molar-refractivity contribution in [3.05, 3.63) is 162 Å². The summed E-state index contributed by atoms with van der Waals surface area (Å²) in [5, 5.41) is 4.05. The molecule has 0 spiro atoms. The van der Waals surface area contributed by atoms with Crippen molar-refractivity contribution in [2.45, 2.75) is 79.9 Å². The van der Waals surface area contributed by atoms with Crippen molar-refractivity contribution in [2.24, 2.45) is 5.92 Å². The molecule has 1 radical (unpaired) electrons. The summed E-state index contributed by atoms with van der Waals surface area (Å²) in [5.41, 5.74) is 14.6. The van der Waals surface area contributed by atoms with Gasteiger partial charge in [0.15, 0.2) is 0 Å². The van der Waals surface area contributed by atoms with Gasteiger partial charge in [0.25, 0.3) is 0 Å². The van der Waals surface area contributed by atoms with Gasteiger partial charge in [0.05, 0.1) is 8.07 Å². The number of aryl methyl sites for hydroxylation is 2. The molecule has 0 fully saturated rings. The summed E-state index contributed by atoms with van der Waals surface area (Å²) < 4.78 is 2.54. The van der Waals surface area contributed by atoms with Crippen molar-refractivity contribution in [2.75, 3.05) is 0 Å². The Morgan fingerprint density at radius 2 is 1.34 bits per heavy atom. The second-order valence-corrected chi connectivity index (χ2v) is 23.9. The fraction of sp³-hybridized carbons (Fsp3) is 0.245. The Bertz CT molecular complexity index is 2660. The van der Waals surface area contributed by atoms with Gasteiger partial charge < -0.3 is 9.97 Å². The minimum Gasteiger partial charge on any atom is -0.305 e. The van der Waals surface area contributed by atoms with E-state index < -0.39 is 8.07 Å². The molecule has 5 aromatic carbocycles. The van der Waals surface area contributed by atoms with E-state index in [0.29, 0.717) is 5.92 Å². The van der Waals surface area contributed by atoms with Gasteiger partial charge in [-0.2, -0.15) is 11.3 Å². The van der Waals surface area contributed by atoms with E-state index >= 15 is 0 Å². The fourth-order valence-corrected chi connectivity index (χ4v) is 10.4. The van der Waals surface area contributed by atoms with Crippen molar-refractivity contribution in [1.82, 2.24) is 9.97 Å². The Morgan fingerprint density at radius 3 is 2.00 bits per heavy atom. The number of fused-ring (bicyclic) bond motifs is 3. The van der Waals surface area contributed by atoms with E-state index in [2.05, 4.69) is 196 Å². The molecule has 0 aliphatic rings. The maximum absolute atomic E-state index is 4.78. The van der Waals surface area contributed by atoms with Crippen LogP contribution in [-0.2, 0) is 31.9 Å². The van der Waals surface area contributed by atoms with Gasteiger partial charge in [-0.25, -0.2) is 0 Å². The van der Waals surface area contributed by atoms with Gasteiger partial charge in [0.2, 0.25) is 0 Å². The number of hydrogen-bond donors (Lipinski definition) is 0. The molecule has 0 saturated carbocycles. The van der Waals surface area contributed by atoms with E-state index in [1.165, 1.54) is 69.9 Å². The maximum atomic E-state index is 4.78. The molecular formula is C53H54IrN2SSi-2. The van der Waals surface area contributed by atoms with Crippen LogP contribution in [0.1, 0.15) is 56.9 Å². The molecule has 0 saturated heterocycles. The number of rotatable bonds is 7. The van der Waals surface area contributed by atoms with Crippen LogP contribution in [0.4, 0.5) is 0 Å². The van der Waals surface area contributed by atoms with Gasteiger partial charge in [0, 0.05) is 37.2 Å². The van der Waals surface area contributed by atoms with Gasteiger partial charge in [-0.3, -0.25) is 0 Å². The minimum atomic E-state index is -1.36. The van der Waals surface area contributed by atoms with Gasteiger partial charge in [-0.05, 0) is 90.4 Å². The van der Waals surface area contributed by atoms with Gasteiger partial charge >= 0.3 is 0 Å². The summed E-state index contributed by atoms with van der Waals surface area (Å²) in [5.74, 6) is 0.661. The van der Waals surface area contributed by atoms with Gasteiger partial charge in [-0.1, -0.05) is 152 Å². The number of pyridine rings is 2. The van der Waals surface area contributed by atoms with E-state index in [9.17, 15) is 0 Å². The van der Waals surface area contributed by atoms with Crippen LogP contribution in [0, 0.1) is 31.9 Å². The van der Waals surface area contributed by atoms with Crippen LogP contribution in [0.15, 0.2) is 128 Å². The average Bonchev–Trinajstić information content (AvgIpc) is 3.56. The van der Waals surface area contributed by atoms with Crippen molar-refractivity contribution in [3.8, 4) is 44.8 Å². The first-order valence-electron chi connectivity index (χ1n) is 20.1. The third-order valence-corrected chi connectivity index (χ3v) is 13.9. The first kappa shape index (κ1) is 43.1. The molecule has 3 heterocycles. The third-order valence-electron chi connectivity index (χ3n) is 10.6. The van der Waals surface area contributed by atoms with Gasteiger partial charge in [-0.15, -0.1) is 58.7 Å². The monoisotopic (exact) mass is 971 g/mol. The topological polar surface area (TPSA) is 25.8 Å². The molecule has 8 rings (SSSR count). The zero-order valence-corrected chi connectivity index (χ0v) is 39.8. The number of aromatic nitrogens is 2. The van der Waals surface area contributed by atoms with E-state index in [-0.39, 0.29) is 25.5 Å². The van der Waals surface area contributed by atoms with Crippen LogP contribution in [0.5, 0.6) is 0 Å². The largest absolute Gasteiger partial charge is 0.305 e. The summed E-state index contributed by atoms with van der Waals surface area (Å²) in [7, 11) is -1.36. The molecule has 58 heavy (non-hydrogen) atoms. The molecule has 297 valence electrons. The van der Waals surface area contributed by atoms with E-state index in [1.54, 1.807) is 0 Å². The van der Waals surface area contributed by atoms with Crippen LogP contribution in [0.2, 0.25) is 19.6 Å². The Morgan fingerprint density at radius 1 is 0.690 bits per heavy atom. The predicted molar refractivity (Wildman–Crippen MR) is 250 cm³/mol. The van der Waals surface area contributed by atoms with Crippen molar-refractivity contribution >= 4 is 44.8 Å². The summed E-state index contributed by atoms with van der Waals surface area (Å²) in [4.78, 5) is 9.49. The van der Waals surface area contributed by atoms with Crippen LogP contribution in [-0.4, -0.2) is 18.0 Å². The van der Waals surface area contributed by atoms with Crippen molar-refractivity contribution in [1.29, 1.82) is 0 Å². The van der Waals surface area contributed by atoms with Crippen LogP contribution >= 0.6 is 11.3 Å². The zero-order chi connectivity index (χ0) is 40.5. The molecule has 0 aliphatic heterocycles.